The van der Waals surface area contributed by atoms with Crippen LogP contribution in [0.5, 0.6) is 5.75 Å². The van der Waals surface area contributed by atoms with Gasteiger partial charge in [0.25, 0.3) is 0 Å². The van der Waals surface area contributed by atoms with E-state index in [0.717, 1.165) is 11.3 Å². The van der Waals surface area contributed by atoms with Crippen molar-refractivity contribution in [3.8, 4) is 5.75 Å². The van der Waals surface area contributed by atoms with Crippen molar-refractivity contribution in [2.45, 2.75) is 17.6 Å². The maximum Gasteiger partial charge on any atom is 0.151 e. The molecule has 3 nitrogen and oxygen atoms in total. The second kappa shape index (κ2) is 5.06. The first kappa shape index (κ1) is 13.3. The van der Waals surface area contributed by atoms with Crippen molar-refractivity contribution < 1.29 is 13.2 Å². The summed E-state index contributed by atoms with van der Waals surface area (Å²) >= 11 is 6.12. The summed E-state index contributed by atoms with van der Waals surface area (Å²) in [5.74, 6) is 0.722. The van der Waals surface area contributed by atoms with E-state index in [1.807, 2.05) is 0 Å². The smallest absolute Gasteiger partial charge is 0.151 e. The van der Waals surface area contributed by atoms with Gasteiger partial charge in [0, 0.05) is 6.26 Å². The zero-order chi connectivity index (χ0) is 12.3. The predicted octanol–water partition coefficient (Wildman–Crippen LogP) is 2.41. The topological polar surface area (TPSA) is 43.4 Å². The summed E-state index contributed by atoms with van der Waals surface area (Å²) in [7, 11) is -1.55. The van der Waals surface area contributed by atoms with Crippen LogP contribution in [0.2, 0.25) is 0 Å². The number of alkyl halides is 1. The Morgan fingerprint density at radius 3 is 2.12 bits per heavy atom. The van der Waals surface area contributed by atoms with Crippen LogP contribution in [-0.4, -0.2) is 27.0 Å². The van der Waals surface area contributed by atoms with E-state index < -0.39 is 20.5 Å². The summed E-state index contributed by atoms with van der Waals surface area (Å²) in [6.07, 6.45) is 1.19. The zero-order valence-electron chi connectivity index (χ0n) is 9.48. The van der Waals surface area contributed by atoms with Crippen LogP contribution in [0.3, 0.4) is 0 Å². The molecule has 16 heavy (non-hydrogen) atoms. The summed E-state index contributed by atoms with van der Waals surface area (Å²) in [5, 5.41) is -1.15. The van der Waals surface area contributed by atoms with E-state index in [0.29, 0.717) is 0 Å². The third kappa shape index (κ3) is 3.12. The highest BCUT2D eigenvalue weighted by molar-refractivity contribution is 7.91. The van der Waals surface area contributed by atoms with E-state index in [2.05, 4.69) is 0 Å². The van der Waals surface area contributed by atoms with Gasteiger partial charge in [-0.15, -0.1) is 11.6 Å². The number of benzene rings is 1. The molecule has 0 aliphatic carbocycles. The molecule has 5 heteroatoms. The largest absolute Gasteiger partial charge is 0.497 e. The van der Waals surface area contributed by atoms with Crippen LogP contribution in [0.25, 0.3) is 0 Å². The molecular weight excluding hydrogens is 248 g/mol. The van der Waals surface area contributed by atoms with Gasteiger partial charge in [0.1, 0.15) is 5.75 Å². The normalized spacial score (nSPS) is 15.5. The molecule has 0 saturated heterocycles. The minimum Gasteiger partial charge on any atom is -0.497 e. The lowest BCUT2D eigenvalue weighted by molar-refractivity contribution is 0.414. The average Bonchev–Trinajstić information content (AvgIpc) is 2.26. The lowest BCUT2D eigenvalue weighted by atomic mass is 10.1. The van der Waals surface area contributed by atoms with E-state index in [4.69, 9.17) is 16.3 Å². The zero-order valence-corrected chi connectivity index (χ0v) is 11.0. The van der Waals surface area contributed by atoms with Crippen molar-refractivity contribution >= 4 is 21.4 Å². The Labute approximate surface area is 101 Å². The van der Waals surface area contributed by atoms with E-state index in [9.17, 15) is 8.42 Å². The number of halogens is 1. The highest BCUT2D eigenvalue weighted by Gasteiger charge is 2.25. The van der Waals surface area contributed by atoms with Gasteiger partial charge in [0.15, 0.2) is 9.84 Å². The van der Waals surface area contributed by atoms with Crippen molar-refractivity contribution in [1.82, 2.24) is 0 Å². The molecule has 0 N–H and O–H groups in total. The van der Waals surface area contributed by atoms with Crippen molar-refractivity contribution in [2.24, 2.45) is 0 Å². The van der Waals surface area contributed by atoms with Gasteiger partial charge in [-0.2, -0.15) is 0 Å². The summed E-state index contributed by atoms with van der Waals surface area (Å²) in [6.45, 7) is 1.61. The fourth-order valence-electron chi connectivity index (χ4n) is 1.28. The Balaban J connectivity index is 2.92. The lowest BCUT2D eigenvalue weighted by Crippen LogP contribution is -2.21. The van der Waals surface area contributed by atoms with Crippen molar-refractivity contribution in [1.29, 1.82) is 0 Å². The molecule has 1 aromatic carbocycles. The number of methoxy groups -OCH3 is 1. The fraction of sp³-hybridized carbons (Fsp3) is 0.455. The van der Waals surface area contributed by atoms with Crippen LogP contribution in [0.1, 0.15) is 17.9 Å². The second-order valence-corrected chi connectivity index (χ2v) is 6.58. The van der Waals surface area contributed by atoms with Gasteiger partial charge >= 0.3 is 0 Å². The van der Waals surface area contributed by atoms with Gasteiger partial charge in [0.2, 0.25) is 0 Å². The average molecular weight is 263 g/mol. The molecule has 0 saturated carbocycles. The second-order valence-electron chi connectivity index (χ2n) is 3.71. The molecule has 0 aliphatic rings. The SMILES string of the molecule is COc1ccc(C(Cl)C(C)S(C)(=O)=O)cc1. The van der Waals surface area contributed by atoms with Crippen molar-refractivity contribution in [2.75, 3.05) is 13.4 Å². The van der Waals surface area contributed by atoms with Crippen molar-refractivity contribution in [3.05, 3.63) is 29.8 Å². The van der Waals surface area contributed by atoms with Gasteiger partial charge in [-0.1, -0.05) is 12.1 Å². The summed E-state index contributed by atoms with van der Waals surface area (Å²) in [6, 6.07) is 7.08. The van der Waals surface area contributed by atoms with E-state index in [-0.39, 0.29) is 0 Å². The molecular formula is C11H15ClO3S. The molecule has 0 spiro atoms. The Bertz CT molecular complexity index is 439. The lowest BCUT2D eigenvalue weighted by Gasteiger charge is -2.16. The molecule has 2 atom stereocenters. The molecule has 0 aromatic heterocycles. The predicted molar refractivity (Wildman–Crippen MR) is 65.9 cm³/mol. The van der Waals surface area contributed by atoms with Gasteiger partial charge in [-0.3, -0.25) is 0 Å². The highest BCUT2D eigenvalue weighted by Crippen LogP contribution is 2.29. The Hall–Kier alpha value is -0.740. The van der Waals surface area contributed by atoms with Crippen LogP contribution < -0.4 is 4.74 Å². The number of hydrogen-bond acceptors (Lipinski definition) is 3. The monoisotopic (exact) mass is 262 g/mol. The number of sulfone groups is 1. The molecule has 0 aliphatic heterocycles. The van der Waals surface area contributed by atoms with Gasteiger partial charge in [-0.25, -0.2) is 8.42 Å². The first-order chi connectivity index (χ1) is 7.36. The van der Waals surface area contributed by atoms with Crippen LogP contribution in [0.15, 0.2) is 24.3 Å². The molecule has 0 radical (unpaired) electrons. The molecule has 1 rings (SSSR count). The Kier molecular flexibility index (Phi) is 4.21. The molecule has 0 fully saturated rings. The standard InChI is InChI=1S/C11H15ClO3S/c1-8(16(3,13)14)11(12)9-4-6-10(15-2)7-5-9/h4-8,11H,1-3H3. The maximum absolute atomic E-state index is 11.4. The van der Waals surface area contributed by atoms with Crippen LogP contribution in [0.4, 0.5) is 0 Å². The van der Waals surface area contributed by atoms with Crippen LogP contribution in [0, 0.1) is 0 Å². The number of ether oxygens (including phenoxy) is 1. The first-order valence-electron chi connectivity index (χ1n) is 4.83. The van der Waals surface area contributed by atoms with Crippen LogP contribution >= 0.6 is 11.6 Å². The Morgan fingerprint density at radius 2 is 1.75 bits per heavy atom. The molecule has 90 valence electrons. The third-order valence-corrected chi connectivity index (χ3v) is 4.92. The van der Waals surface area contributed by atoms with Gasteiger partial charge in [-0.05, 0) is 24.6 Å². The molecule has 0 heterocycles. The third-order valence-electron chi connectivity index (χ3n) is 2.52. The van der Waals surface area contributed by atoms with E-state index in [1.165, 1.54) is 6.26 Å². The quantitative estimate of drug-likeness (QED) is 0.783. The minimum absolute atomic E-state index is 0.541. The summed E-state index contributed by atoms with van der Waals surface area (Å²) in [5.41, 5.74) is 0.778. The maximum atomic E-state index is 11.4. The molecule has 0 bridgehead atoms. The van der Waals surface area contributed by atoms with Gasteiger partial charge in [0.05, 0.1) is 17.7 Å². The molecule has 0 amide bonds. The minimum atomic E-state index is -3.13. The molecule has 2 unspecified atom stereocenters. The number of hydrogen-bond donors (Lipinski definition) is 0. The fourth-order valence-corrected chi connectivity index (χ4v) is 2.57. The number of rotatable bonds is 4. The van der Waals surface area contributed by atoms with Gasteiger partial charge < -0.3 is 4.74 Å². The summed E-state index contributed by atoms with van der Waals surface area (Å²) < 4.78 is 27.7. The van der Waals surface area contributed by atoms with E-state index in [1.54, 1.807) is 38.3 Å². The van der Waals surface area contributed by atoms with Crippen LogP contribution in [-0.2, 0) is 9.84 Å². The first-order valence-corrected chi connectivity index (χ1v) is 7.22. The highest BCUT2D eigenvalue weighted by atomic mass is 35.5. The van der Waals surface area contributed by atoms with E-state index >= 15 is 0 Å². The summed E-state index contributed by atoms with van der Waals surface area (Å²) in [4.78, 5) is 0. The Morgan fingerprint density at radius 1 is 1.25 bits per heavy atom. The van der Waals surface area contributed by atoms with Crippen molar-refractivity contribution in [3.63, 3.8) is 0 Å². The molecule has 1 aromatic rings.